The first-order valence-electron chi connectivity index (χ1n) is 8.00. The summed E-state index contributed by atoms with van der Waals surface area (Å²) in [6, 6.07) is 4.25. The normalized spacial score (nSPS) is 26.6. The monoisotopic (exact) mass is 348 g/mol. The summed E-state index contributed by atoms with van der Waals surface area (Å²) in [7, 11) is 0. The van der Waals surface area contributed by atoms with Crippen LogP contribution in [0.1, 0.15) is 38.8 Å². The van der Waals surface area contributed by atoms with Crippen molar-refractivity contribution in [2.75, 3.05) is 0 Å². The van der Waals surface area contributed by atoms with Crippen LogP contribution < -0.4 is 5.32 Å². The number of nitrogens with one attached hydrogen (secondary N) is 1. The number of thiophene rings is 1. The van der Waals surface area contributed by atoms with E-state index in [0.29, 0.717) is 6.10 Å². The van der Waals surface area contributed by atoms with Crippen LogP contribution in [-0.2, 0) is 14.9 Å². The Hall–Kier alpha value is -1.24. The molecule has 2 aliphatic heterocycles. The van der Waals surface area contributed by atoms with E-state index in [1.165, 1.54) is 0 Å². The number of amides is 1. The zero-order chi connectivity index (χ0) is 16.0. The Balaban J connectivity index is 1.49. The highest BCUT2D eigenvalue weighted by Crippen LogP contribution is 2.36. The Morgan fingerprint density at radius 1 is 1.39 bits per heavy atom. The maximum atomic E-state index is 12.8. The van der Waals surface area contributed by atoms with Crippen molar-refractivity contribution >= 4 is 28.6 Å². The van der Waals surface area contributed by atoms with Crippen LogP contribution in [0.5, 0.6) is 0 Å². The molecule has 2 aromatic heterocycles. The molecule has 2 aliphatic rings. The summed E-state index contributed by atoms with van der Waals surface area (Å²) < 4.78 is 5.83. The Bertz CT molecular complexity index is 708. The molecule has 6 heteroatoms. The molecular formula is C17H20N2O2S2. The van der Waals surface area contributed by atoms with E-state index in [9.17, 15) is 4.79 Å². The molecule has 4 nitrogen and oxygen atoms in total. The molecule has 23 heavy (non-hydrogen) atoms. The summed E-state index contributed by atoms with van der Waals surface area (Å²) in [6.45, 7) is 3.90. The van der Waals surface area contributed by atoms with Gasteiger partial charge in [0.25, 0.3) is 0 Å². The quantitative estimate of drug-likeness (QED) is 0.919. The van der Waals surface area contributed by atoms with Gasteiger partial charge in [-0.05, 0) is 44.6 Å². The first-order chi connectivity index (χ1) is 11.0. The molecule has 0 aliphatic carbocycles. The Morgan fingerprint density at radius 3 is 2.91 bits per heavy atom. The second-order valence-electron chi connectivity index (χ2n) is 6.83. The van der Waals surface area contributed by atoms with Gasteiger partial charge in [0.1, 0.15) is 5.01 Å². The number of carbonyl (C=O) groups excluding carboxylic acids is 1. The number of thiazole rings is 1. The maximum Gasteiger partial charge on any atom is 0.232 e. The lowest BCUT2D eigenvalue weighted by Gasteiger charge is -2.27. The van der Waals surface area contributed by atoms with Gasteiger partial charge in [0.05, 0.1) is 34.2 Å². The average Bonchev–Trinajstić information content (AvgIpc) is 3.29. The predicted molar refractivity (Wildman–Crippen MR) is 92.9 cm³/mol. The fraction of sp³-hybridized carbons (Fsp3) is 0.529. The summed E-state index contributed by atoms with van der Waals surface area (Å²) in [5, 5.41) is 8.23. The number of fused-ring (bicyclic) bond motifs is 2. The van der Waals surface area contributed by atoms with Gasteiger partial charge in [-0.3, -0.25) is 4.79 Å². The topological polar surface area (TPSA) is 51.2 Å². The van der Waals surface area contributed by atoms with Gasteiger partial charge in [-0.25, -0.2) is 4.98 Å². The second kappa shape index (κ2) is 5.69. The van der Waals surface area contributed by atoms with Crippen LogP contribution in [0.25, 0.3) is 9.88 Å². The van der Waals surface area contributed by atoms with Gasteiger partial charge < -0.3 is 10.1 Å². The molecule has 0 radical (unpaired) electrons. The summed E-state index contributed by atoms with van der Waals surface area (Å²) in [4.78, 5) is 18.7. The van der Waals surface area contributed by atoms with Gasteiger partial charge >= 0.3 is 0 Å². The highest BCUT2D eigenvalue weighted by Gasteiger charge is 2.43. The molecule has 4 rings (SSSR count). The minimum atomic E-state index is -0.631. The molecule has 3 atom stereocenters. The van der Waals surface area contributed by atoms with Crippen LogP contribution in [0.4, 0.5) is 0 Å². The van der Waals surface area contributed by atoms with E-state index >= 15 is 0 Å². The van der Waals surface area contributed by atoms with Gasteiger partial charge in [-0.15, -0.1) is 22.7 Å². The molecule has 2 fully saturated rings. The molecule has 3 unspecified atom stereocenters. The standard InChI is InChI=1S/C17H20N2O2S2/c1-17(2,14-9-23-15(19-14)13-4-3-7-22-13)16(20)18-11-8-10-5-6-12(11)21-10/h3-4,7,9-12H,5-6,8H2,1-2H3,(H,18,20). The van der Waals surface area contributed by atoms with E-state index in [1.54, 1.807) is 22.7 Å². The van der Waals surface area contributed by atoms with E-state index in [0.717, 1.165) is 34.8 Å². The van der Waals surface area contributed by atoms with Gasteiger partial charge in [-0.1, -0.05) is 6.07 Å². The average molecular weight is 348 g/mol. The molecule has 1 amide bonds. The molecule has 0 aromatic carbocycles. The minimum absolute atomic E-state index is 0.0432. The van der Waals surface area contributed by atoms with Crippen LogP contribution in [0.3, 0.4) is 0 Å². The number of nitrogens with zero attached hydrogens (tertiary/aromatic N) is 1. The smallest absolute Gasteiger partial charge is 0.232 e. The molecule has 2 bridgehead atoms. The van der Waals surface area contributed by atoms with Gasteiger partial charge in [0.2, 0.25) is 5.91 Å². The maximum absolute atomic E-state index is 12.8. The summed E-state index contributed by atoms with van der Waals surface area (Å²) in [5.41, 5.74) is 0.209. The molecular weight excluding hydrogens is 328 g/mol. The highest BCUT2D eigenvalue weighted by atomic mass is 32.1. The number of rotatable bonds is 4. The van der Waals surface area contributed by atoms with Crippen molar-refractivity contribution in [1.29, 1.82) is 0 Å². The molecule has 0 saturated carbocycles. The van der Waals surface area contributed by atoms with Gasteiger partial charge in [-0.2, -0.15) is 0 Å². The SMILES string of the molecule is CC(C)(C(=O)NC1CC2CCC1O2)c1csc(-c2cccs2)n1. The molecule has 2 saturated heterocycles. The van der Waals surface area contributed by atoms with Crippen molar-refractivity contribution in [3.8, 4) is 9.88 Å². The number of carbonyl (C=O) groups is 1. The van der Waals surface area contributed by atoms with Crippen molar-refractivity contribution in [3.05, 3.63) is 28.6 Å². The highest BCUT2D eigenvalue weighted by molar-refractivity contribution is 7.20. The summed E-state index contributed by atoms with van der Waals surface area (Å²) in [6.07, 6.45) is 3.70. The zero-order valence-electron chi connectivity index (χ0n) is 13.2. The Morgan fingerprint density at radius 2 is 2.26 bits per heavy atom. The Kier molecular flexibility index (Phi) is 3.78. The van der Waals surface area contributed by atoms with Gasteiger partial charge in [0.15, 0.2) is 0 Å². The first-order valence-corrected chi connectivity index (χ1v) is 9.76. The van der Waals surface area contributed by atoms with Crippen molar-refractivity contribution in [1.82, 2.24) is 10.3 Å². The zero-order valence-corrected chi connectivity index (χ0v) is 14.9. The van der Waals surface area contributed by atoms with E-state index in [-0.39, 0.29) is 18.1 Å². The lowest BCUT2D eigenvalue weighted by atomic mass is 9.87. The third-order valence-electron chi connectivity index (χ3n) is 4.87. The molecule has 122 valence electrons. The van der Waals surface area contributed by atoms with Crippen LogP contribution in [0, 0.1) is 0 Å². The first kappa shape index (κ1) is 15.3. The Labute approximate surface area is 143 Å². The van der Waals surface area contributed by atoms with Crippen molar-refractivity contribution in [2.45, 2.75) is 56.8 Å². The summed E-state index contributed by atoms with van der Waals surface area (Å²) >= 11 is 3.27. The lowest BCUT2D eigenvalue weighted by Crippen LogP contribution is -2.48. The van der Waals surface area contributed by atoms with E-state index in [1.807, 2.05) is 30.7 Å². The molecule has 0 spiro atoms. The number of hydrogen-bond donors (Lipinski definition) is 1. The lowest BCUT2D eigenvalue weighted by molar-refractivity contribution is -0.126. The fourth-order valence-electron chi connectivity index (χ4n) is 3.33. The van der Waals surface area contributed by atoms with Crippen LogP contribution in [0.15, 0.2) is 22.9 Å². The third-order valence-corrected chi connectivity index (χ3v) is 6.75. The predicted octanol–water partition coefficient (Wildman–Crippen LogP) is 3.59. The van der Waals surface area contributed by atoms with Crippen LogP contribution in [0.2, 0.25) is 0 Å². The fourth-order valence-corrected chi connectivity index (χ4v) is 5.13. The molecule has 1 N–H and O–H groups in total. The third kappa shape index (κ3) is 2.73. The number of ether oxygens (including phenoxy) is 1. The molecule has 2 aromatic rings. The van der Waals surface area contributed by atoms with E-state index < -0.39 is 5.41 Å². The van der Waals surface area contributed by atoms with E-state index in [2.05, 4.69) is 11.4 Å². The minimum Gasteiger partial charge on any atom is -0.373 e. The largest absolute Gasteiger partial charge is 0.373 e. The van der Waals surface area contributed by atoms with Crippen molar-refractivity contribution in [2.24, 2.45) is 0 Å². The number of hydrogen-bond acceptors (Lipinski definition) is 5. The van der Waals surface area contributed by atoms with Crippen molar-refractivity contribution < 1.29 is 9.53 Å². The van der Waals surface area contributed by atoms with Gasteiger partial charge in [0, 0.05) is 5.38 Å². The summed E-state index contributed by atoms with van der Waals surface area (Å²) in [5.74, 6) is 0.0432. The number of aromatic nitrogens is 1. The van der Waals surface area contributed by atoms with Crippen molar-refractivity contribution in [3.63, 3.8) is 0 Å². The second-order valence-corrected chi connectivity index (χ2v) is 8.64. The van der Waals surface area contributed by atoms with Crippen LogP contribution >= 0.6 is 22.7 Å². The molecule has 4 heterocycles. The van der Waals surface area contributed by atoms with E-state index in [4.69, 9.17) is 9.72 Å². The van der Waals surface area contributed by atoms with Crippen LogP contribution in [-0.4, -0.2) is 29.1 Å².